The minimum Gasteiger partial charge on any atom is -0.309 e. The first kappa shape index (κ1) is 35.7. The molecule has 1 aliphatic rings. The number of benzene rings is 10. The zero-order valence-corrected chi connectivity index (χ0v) is 33.8. The van der Waals surface area contributed by atoms with Crippen molar-refractivity contribution in [2.24, 2.45) is 0 Å². The maximum absolute atomic E-state index is 2.57. The second kappa shape index (κ2) is 14.4. The Morgan fingerprint density at radius 2 is 0.817 bits per heavy atom. The monoisotopic (exact) mass is 765 g/mol. The molecule has 284 valence electrons. The number of hydrogen-bond acceptors (Lipinski definition) is 1. The topological polar surface area (TPSA) is 3.24 Å². The fourth-order valence-corrected chi connectivity index (χ4v) is 9.72. The van der Waals surface area contributed by atoms with Gasteiger partial charge < -0.3 is 4.90 Å². The Hall–Kier alpha value is -7.48. The van der Waals surface area contributed by atoms with Crippen LogP contribution in [0, 0.1) is 0 Å². The summed E-state index contributed by atoms with van der Waals surface area (Å²) in [5.74, 6) is 0. The van der Waals surface area contributed by atoms with Crippen molar-refractivity contribution in [3.8, 4) is 55.6 Å². The van der Waals surface area contributed by atoms with E-state index in [1.165, 1.54) is 94.0 Å². The Labute approximate surface area is 352 Å². The number of hydrogen-bond donors (Lipinski definition) is 0. The number of fused-ring (bicyclic) bond motifs is 5. The predicted octanol–water partition coefficient (Wildman–Crippen LogP) is 16.4. The summed E-state index contributed by atoms with van der Waals surface area (Å²) in [5, 5.41) is 4.91. The van der Waals surface area contributed by atoms with E-state index in [-0.39, 0.29) is 5.41 Å². The van der Waals surface area contributed by atoms with Crippen LogP contribution in [0.4, 0.5) is 17.1 Å². The molecule has 0 amide bonds. The van der Waals surface area contributed by atoms with E-state index in [2.05, 4.69) is 243 Å². The molecule has 0 N–H and O–H groups in total. The van der Waals surface area contributed by atoms with Gasteiger partial charge in [-0.2, -0.15) is 0 Å². The summed E-state index contributed by atoms with van der Waals surface area (Å²) >= 11 is 0. The summed E-state index contributed by atoms with van der Waals surface area (Å²) in [6, 6.07) is 82.8. The summed E-state index contributed by atoms with van der Waals surface area (Å²) in [4.78, 5) is 2.57. The quantitative estimate of drug-likeness (QED) is 0.156. The molecule has 0 spiro atoms. The molecule has 0 saturated carbocycles. The molecule has 10 aromatic rings. The van der Waals surface area contributed by atoms with Gasteiger partial charge in [0.15, 0.2) is 0 Å². The maximum atomic E-state index is 2.57. The highest BCUT2D eigenvalue weighted by molar-refractivity contribution is 6.03. The number of rotatable bonds is 7. The van der Waals surface area contributed by atoms with Gasteiger partial charge in [-0.3, -0.25) is 0 Å². The van der Waals surface area contributed by atoms with Crippen molar-refractivity contribution in [1.82, 2.24) is 0 Å². The molecule has 0 atom stereocenters. The first-order valence-corrected chi connectivity index (χ1v) is 20.9. The normalized spacial score (nSPS) is 12.6. The van der Waals surface area contributed by atoms with Crippen molar-refractivity contribution in [3.63, 3.8) is 0 Å². The molecule has 60 heavy (non-hydrogen) atoms. The van der Waals surface area contributed by atoms with Crippen LogP contribution in [0.15, 0.2) is 224 Å². The SMILES string of the molecule is CC1(C)c2ccccc2-c2cccc(N(c3cc(-c4ccccc4)cc(-c4ccccc4)c3)c3cccc(-c4ccc5ccccc5c4)c3-c3ccc4ccccc4c3)c21. The van der Waals surface area contributed by atoms with Gasteiger partial charge >= 0.3 is 0 Å². The highest BCUT2D eigenvalue weighted by atomic mass is 15.1. The fraction of sp³-hybridized carbons (Fsp3) is 0.0508. The zero-order valence-electron chi connectivity index (χ0n) is 33.8. The number of anilines is 3. The molecule has 1 nitrogen and oxygen atoms in total. The molecule has 0 aliphatic heterocycles. The lowest BCUT2D eigenvalue weighted by Gasteiger charge is -2.34. The van der Waals surface area contributed by atoms with Crippen molar-refractivity contribution in [2.45, 2.75) is 19.3 Å². The molecular formula is C59H43N. The second-order valence-corrected chi connectivity index (χ2v) is 16.5. The van der Waals surface area contributed by atoms with Crippen LogP contribution in [0.5, 0.6) is 0 Å². The molecular weight excluding hydrogens is 723 g/mol. The zero-order chi connectivity index (χ0) is 40.2. The van der Waals surface area contributed by atoms with Crippen molar-refractivity contribution >= 4 is 38.6 Å². The van der Waals surface area contributed by atoms with Crippen LogP contribution >= 0.6 is 0 Å². The molecule has 0 saturated heterocycles. The third-order valence-electron chi connectivity index (χ3n) is 12.6. The molecule has 0 aromatic heterocycles. The van der Waals surface area contributed by atoms with Crippen LogP contribution in [-0.4, -0.2) is 0 Å². The highest BCUT2D eigenvalue weighted by Crippen LogP contribution is 2.56. The molecule has 0 bridgehead atoms. The van der Waals surface area contributed by atoms with Gasteiger partial charge in [-0.05, 0) is 125 Å². The van der Waals surface area contributed by atoms with Crippen LogP contribution in [0.2, 0.25) is 0 Å². The third-order valence-corrected chi connectivity index (χ3v) is 12.6. The lowest BCUT2D eigenvalue weighted by molar-refractivity contribution is 0.661. The predicted molar refractivity (Wildman–Crippen MR) is 255 cm³/mol. The average Bonchev–Trinajstić information content (AvgIpc) is 3.55. The van der Waals surface area contributed by atoms with Crippen molar-refractivity contribution in [1.29, 1.82) is 0 Å². The first-order chi connectivity index (χ1) is 29.5. The number of nitrogens with zero attached hydrogens (tertiary/aromatic N) is 1. The molecule has 1 heteroatoms. The lowest BCUT2D eigenvalue weighted by Crippen LogP contribution is -2.21. The summed E-state index contributed by atoms with van der Waals surface area (Å²) in [6.07, 6.45) is 0. The van der Waals surface area contributed by atoms with Gasteiger partial charge in [0.2, 0.25) is 0 Å². The molecule has 10 aromatic carbocycles. The average molecular weight is 766 g/mol. The van der Waals surface area contributed by atoms with Gasteiger partial charge in [-0.25, -0.2) is 0 Å². The molecule has 0 radical (unpaired) electrons. The molecule has 0 heterocycles. The third kappa shape index (κ3) is 6.01. The minimum atomic E-state index is -0.251. The van der Waals surface area contributed by atoms with Crippen LogP contribution < -0.4 is 4.90 Å². The molecule has 0 fully saturated rings. The van der Waals surface area contributed by atoms with E-state index in [0.29, 0.717) is 0 Å². The van der Waals surface area contributed by atoms with Gasteiger partial charge in [0.25, 0.3) is 0 Å². The Kier molecular flexibility index (Phi) is 8.57. The van der Waals surface area contributed by atoms with Gasteiger partial charge in [0.05, 0.1) is 11.4 Å². The van der Waals surface area contributed by atoms with E-state index in [1.807, 2.05) is 0 Å². The highest BCUT2D eigenvalue weighted by Gasteiger charge is 2.39. The van der Waals surface area contributed by atoms with Crippen LogP contribution in [0.25, 0.3) is 77.2 Å². The first-order valence-electron chi connectivity index (χ1n) is 20.9. The van der Waals surface area contributed by atoms with Crippen molar-refractivity contribution in [2.75, 3.05) is 4.90 Å². The van der Waals surface area contributed by atoms with Gasteiger partial charge in [0, 0.05) is 16.7 Å². The van der Waals surface area contributed by atoms with Gasteiger partial charge in [-0.1, -0.05) is 196 Å². The maximum Gasteiger partial charge on any atom is 0.0546 e. The Balaban J connectivity index is 1.26. The van der Waals surface area contributed by atoms with Crippen molar-refractivity contribution in [3.05, 3.63) is 236 Å². The van der Waals surface area contributed by atoms with Crippen LogP contribution in [0.3, 0.4) is 0 Å². The van der Waals surface area contributed by atoms with Gasteiger partial charge in [-0.15, -0.1) is 0 Å². The minimum absolute atomic E-state index is 0.251. The van der Waals surface area contributed by atoms with E-state index >= 15 is 0 Å². The second-order valence-electron chi connectivity index (χ2n) is 16.5. The molecule has 0 unspecified atom stereocenters. The van der Waals surface area contributed by atoms with Crippen LogP contribution in [0.1, 0.15) is 25.0 Å². The smallest absolute Gasteiger partial charge is 0.0546 e. The Morgan fingerprint density at radius 1 is 0.317 bits per heavy atom. The van der Waals surface area contributed by atoms with Crippen LogP contribution in [-0.2, 0) is 5.41 Å². The summed E-state index contributed by atoms with van der Waals surface area (Å²) < 4.78 is 0. The van der Waals surface area contributed by atoms with E-state index in [4.69, 9.17) is 0 Å². The fourth-order valence-electron chi connectivity index (χ4n) is 9.72. The lowest BCUT2D eigenvalue weighted by atomic mass is 9.81. The van der Waals surface area contributed by atoms with Gasteiger partial charge in [0.1, 0.15) is 0 Å². The Bertz CT molecular complexity index is 3170. The van der Waals surface area contributed by atoms with E-state index < -0.39 is 0 Å². The Morgan fingerprint density at radius 3 is 1.47 bits per heavy atom. The molecule has 11 rings (SSSR count). The van der Waals surface area contributed by atoms with E-state index in [9.17, 15) is 0 Å². The molecule has 1 aliphatic carbocycles. The summed E-state index contributed by atoms with van der Waals surface area (Å²) in [6.45, 7) is 4.79. The van der Waals surface area contributed by atoms with E-state index in [1.54, 1.807) is 0 Å². The summed E-state index contributed by atoms with van der Waals surface area (Å²) in [5.41, 5.74) is 17.9. The largest absolute Gasteiger partial charge is 0.309 e. The summed E-state index contributed by atoms with van der Waals surface area (Å²) in [7, 11) is 0. The van der Waals surface area contributed by atoms with Crippen molar-refractivity contribution < 1.29 is 0 Å². The standard InChI is InChI=1S/C59H43N/c1-59(2)54-28-14-13-25-52(54)53-27-16-30-56(58(53)59)60(50-38-48(40-17-5-3-6-18-40)37-49(39-50)41-19-7-4-8-20-41)55-29-15-26-51(46-33-31-42-21-9-11-23-44(42)35-46)57(55)47-34-32-43-22-10-12-24-45(43)36-47/h3-39H,1-2H3. The van der Waals surface area contributed by atoms with E-state index in [0.717, 1.165) is 11.4 Å².